The first kappa shape index (κ1) is 23.1. The number of aromatic nitrogens is 3. The largest absolute Gasteiger partial charge is 0.338 e. The second kappa shape index (κ2) is 10.2. The Hall–Kier alpha value is -4.11. The lowest BCUT2D eigenvalue weighted by molar-refractivity contribution is -0.117. The molecule has 9 heteroatoms. The number of imidazole rings is 1. The van der Waals surface area contributed by atoms with Gasteiger partial charge in [0.05, 0.1) is 11.4 Å². The van der Waals surface area contributed by atoms with Crippen LogP contribution in [0, 0.1) is 5.82 Å². The van der Waals surface area contributed by atoms with Crippen LogP contribution in [0.5, 0.6) is 0 Å². The van der Waals surface area contributed by atoms with Crippen LogP contribution in [0.4, 0.5) is 15.2 Å². The Kier molecular flexibility index (Phi) is 6.93. The smallest absolute Gasteiger partial charge is 0.244 e. The van der Waals surface area contributed by atoms with Crippen molar-refractivity contribution in [2.45, 2.75) is 13.0 Å². The highest BCUT2D eigenvalue weighted by Crippen LogP contribution is 2.29. The fourth-order valence-corrected chi connectivity index (χ4v) is 4.31. The molecule has 2 aromatic heterocycles. The van der Waals surface area contributed by atoms with Crippen LogP contribution >= 0.6 is 11.3 Å². The van der Waals surface area contributed by atoms with E-state index in [-0.39, 0.29) is 5.91 Å². The molecule has 0 fully saturated rings. The molecule has 2 amide bonds. The van der Waals surface area contributed by atoms with Crippen molar-refractivity contribution >= 4 is 40.0 Å². The number of benzene rings is 2. The van der Waals surface area contributed by atoms with E-state index < -0.39 is 17.8 Å². The zero-order chi connectivity index (χ0) is 24.1. The number of anilines is 2. The Bertz CT molecular complexity index is 1330. The minimum atomic E-state index is -0.768. The summed E-state index contributed by atoms with van der Waals surface area (Å²) in [7, 11) is 1.78. The van der Waals surface area contributed by atoms with Gasteiger partial charge in [0, 0.05) is 43.4 Å². The number of para-hydroxylation sites is 1. The van der Waals surface area contributed by atoms with Crippen molar-refractivity contribution in [3.63, 3.8) is 0 Å². The molecule has 2 aromatic carbocycles. The Morgan fingerprint density at radius 1 is 1.15 bits per heavy atom. The lowest BCUT2D eigenvalue weighted by Crippen LogP contribution is -2.30. The van der Waals surface area contributed by atoms with Crippen LogP contribution in [0.3, 0.4) is 0 Å². The SMILES string of the molecule is CC(=O)N(c1ccccc1)c1nc(/C=C/C(=O)NC(c2ccccc2F)c2nccn2C)cs1. The molecule has 0 bridgehead atoms. The predicted molar refractivity (Wildman–Crippen MR) is 130 cm³/mol. The van der Waals surface area contributed by atoms with Crippen LogP contribution in [-0.4, -0.2) is 26.3 Å². The first-order chi connectivity index (χ1) is 16.4. The molecule has 0 saturated heterocycles. The summed E-state index contributed by atoms with van der Waals surface area (Å²) >= 11 is 1.29. The quantitative estimate of drug-likeness (QED) is 0.396. The van der Waals surface area contributed by atoms with Crippen LogP contribution < -0.4 is 10.2 Å². The van der Waals surface area contributed by atoms with Gasteiger partial charge in [-0.05, 0) is 24.3 Å². The predicted octanol–water partition coefficient (Wildman–Crippen LogP) is 4.62. The Morgan fingerprint density at radius 3 is 2.56 bits per heavy atom. The molecule has 4 aromatic rings. The summed E-state index contributed by atoms with van der Waals surface area (Å²) in [5.74, 6) is -0.536. The molecule has 1 unspecified atom stereocenters. The van der Waals surface area contributed by atoms with Crippen molar-refractivity contribution in [1.29, 1.82) is 0 Å². The van der Waals surface area contributed by atoms with Crippen molar-refractivity contribution in [2.75, 3.05) is 4.90 Å². The van der Waals surface area contributed by atoms with Gasteiger partial charge >= 0.3 is 0 Å². The van der Waals surface area contributed by atoms with Crippen LogP contribution in [0.2, 0.25) is 0 Å². The minimum Gasteiger partial charge on any atom is -0.338 e. The highest BCUT2D eigenvalue weighted by molar-refractivity contribution is 7.14. The van der Waals surface area contributed by atoms with Gasteiger partial charge < -0.3 is 9.88 Å². The van der Waals surface area contributed by atoms with Crippen LogP contribution in [0.15, 0.2) is 78.4 Å². The number of amides is 2. The molecule has 1 N–H and O–H groups in total. The van der Waals surface area contributed by atoms with E-state index in [0.717, 1.165) is 0 Å². The van der Waals surface area contributed by atoms with Crippen LogP contribution in [-0.2, 0) is 16.6 Å². The fourth-order valence-electron chi connectivity index (χ4n) is 3.46. The summed E-state index contributed by atoms with van der Waals surface area (Å²) in [4.78, 5) is 35.2. The molecule has 0 spiro atoms. The number of hydrogen-bond donors (Lipinski definition) is 1. The number of hydrogen-bond acceptors (Lipinski definition) is 5. The maximum atomic E-state index is 14.5. The molecule has 34 heavy (non-hydrogen) atoms. The van der Waals surface area contributed by atoms with E-state index in [0.29, 0.717) is 27.9 Å². The first-order valence-corrected chi connectivity index (χ1v) is 11.3. The van der Waals surface area contributed by atoms with E-state index in [4.69, 9.17) is 0 Å². The summed E-state index contributed by atoms with van der Waals surface area (Å²) in [6, 6.07) is 14.7. The van der Waals surface area contributed by atoms with Gasteiger partial charge in [-0.15, -0.1) is 11.3 Å². The molecule has 0 aliphatic heterocycles. The van der Waals surface area contributed by atoms with Crippen LogP contribution in [0.25, 0.3) is 6.08 Å². The lowest BCUT2D eigenvalue weighted by atomic mass is 10.1. The molecule has 0 aliphatic rings. The van der Waals surface area contributed by atoms with E-state index in [1.54, 1.807) is 53.7 Å². The van der Waals surface area contributed by atoms with Crippen LogP contribution in [0.1, 0.15) is 30.0 Å². The topological polar surface area (TPSA) is 80.1 Å². The zero-order valence-corrected chi connectivity index (χ0v) is 19.4. The molecule has 0 aliphatic carbocycles. The Morgan fingerprint density at radius 2 is 1.88 bits per heavy atom. The minimum absolute atomic E-state index is 0.170. The molecular formula is C25H22FN5O2S. The Balaban J connectivity index is 1.53. The zero-order valence-electron chi connectivity index (χ0n) is 18.6. The van der Waals surface area contributed by atoms with E-state index in [1.165, 1.54) is 35.3 Å². The number of carbonyl (C=O) groups is 2. The number of aryl methyl sites for hydroxylation is 1. The molecule has 1 atom stereocenters. The third-order valence-electron chi connectivity index (χ3n) is 5.06. The first-order valence-electron chi connectivity index (χ1n) is 10.5. The summed E-state index contributed by atoms with van der Waals surface area (Å²) in [5.41, 5.74) is 1.55. The van der Waals surface area contributed by atoms with Gasteiger partial charge in [-0.2, -0.15) is 0 Å². The lowest BCUT2D eigenvalue weighted by Gasteiger charge is -2.18. The number of thiazole rings is 1. The van der Waals surface area contributed by atoms with E-state index >= 15 is 0 Å². The van der Waals surface area contributed by atoms with E-state index in [9.17, 15) is 14.0 Å². The highest BCUT2D eigenvalue weighted by atomic mass is 32.1. The molecule has 7 nitrogen and oxygen atoms in total. The van der Waals surface area contributed by atoms with Crippen molar-refractivity contribution in [3.8, 4) is 0 Å². The van der Waals surface area contributed by atoms with E-state index in [1.807, 2.05) is 30.3 Å². The summed E-state index contributed by atoms with van der Waals surface area (Å²) in [6.07, 6.45) is 6.21. The van der Waals surface area contributed by atoms with Crippen molar-refractivity contribution in [2.24, 2.45) is 7.05 Å². The number of rotatable bonds is 7. The molecule has 2 heterocycles. The number of carbonyl (C=O) groups excluding carboxylic acids is 2. The molecule has 172 valence electrons. The Labute approximate surface area is 200 Å². The molecule has 0 radical (unpaired) electrons. The molecular weight excluding hydrogens is 453 g/mol. The fraction of sp³-hybridized carbons (Fsp3) is 0.120. The van der Waals surface area contributed by atoms with Gasteiger partial charge in [0.25, 0.3) is 0 Å². The average Bonchev–Trinajstić information content (AvgIpc) is 3.46. The maximum Gasteiger partial charge on any atom is 0.244 e. The van der Waals surface area contributed by atoms with Gasteiger partial charge in [-0.3, -0.25) is 14.5 Å². The van der Waals surface area contributed by atoms with Crippen molar-refractivity contribution in [1.82, 2.24) is 19.9 Å². The third-order valence-corrected chi connectivity index (χ3v) is 5.90. The monoisotopic (exact) mass is 475 g/mol. The van der Waals surface area contributed by atoms with Crippen molar-refractivity contribution < 1.29 is 14.0 Å². The standard InChI is InChI=1S/C25H22FN5O2S/c1-17(32)31(19-8-4-3-5-9-19)25-28-18(16-34-25)12-13-22(33)29-23(24-27-14-15-30(24)2)20-10-6-7-11-21(20)26/h3-16,23H,1-2H3,(H,29,33)/b13-12+. The van der Waals surface area contributed by atoms with Gasteiger partial charge in [-0.1, -0.05) is 36.4 Å². The number of halogens is 1. The third kappa shape index (κ3) is 5.10. The van der Waals surface area contributed by atoms with Gasteiger partial charge in [0.1, 0.15) is 17.7 Å². The molecule has 0 saturated carbocycles. The number of nitrogens with one attached hydrogen (secondary N) is 1. The summed E-state index contributed by atoms with van der Waals surface area (Å²) < 4.78 is 16.2. The highest BCUT2D eigenvalue weighted by Gasteiger charge is 2.23. The van der Waals surface area contributed by atoms with Gasteiger partial charge in [0.2, 0.25) is 11.8 Å². The molecule has 4 rings (SSSR count). The van der Waals surface area contributed by atoms with Gasteiger partial charge in [-0.25, -0.2) is 14.4 Å². The maximum absolute atomic E-state index is 14.5. The second-order valence-electron chi connectivity index (χ2n) is 7.44. The normalized spacial score (nSPS) is 12.0. The summed E-state index contributed by atoms with van der Waals surface area (Å²) in [5, 5.41) is 5.07. The van der Waals surface area contributed by atoms with Crippen molar-refractivity contribution in [3.05, 3.63) is 101 Å². The second-order valence-corrected chi connectivity index (χ2v) is 8.27. The van der Waals surface area contributed by atoms with Gasteiger partial charge in [0.15, 0.2) is 5.13 Å². The average molecular weight is 476 g/mol. The number of nitrogens with zero attached hydrogens (tertiary/aromatic N) is 4. The summed E-state index contributed by atoms with van der Waals surface area (Å²) in [6.45, 7) is 1.47. The van der Waals surface area contributed by atoms with E-state index in [2.05, 4.69) is 15.3 Å².